The van der Waals surface area contributed by atoms with Crippen molar-refractivity contribution in [2.45, 2.75) is 12.5 Å². The van der Waals surface area contributed by atoms with Gasteiger partial charge in [-0.2, -0.15) is 0 Å². The molecule has 1 aliphatic rings. The van der Waals surface area contributed by atoms with Gasteiger partial charge in [-0.05, 0) is 0 Å². The van der Waals surface area contributed by atoms with Gasteiger partial charge in [-0.15, -0.1) is 0 Å². The van der Waals surface area contributed by atoms with Gasteiger partial charge in [0.2, 0.25) is 0 Å². The molecular weight excluding hydrogens is 230 g/mol. The molecule has 1 rings (SSSR count). The third kappa shape index (κ3) is 4.27. The zero-order valence-corrected chi connectivity index (χ0v) is 9.18. The van der Waals surface area contributed by atoms with Crippen LogP contribution in [0, 0.1) is 0 Å². The van der Waals surface area contributed by atoms with Crippen LogP contribution in [0.1, 0.15) is 6.42 Å². The van der Waals surface area contributed by atoms with Gasteiger partial charge in [-0.3, -0.25) is 4.79 Å². The van der Waals surface area contributed by atoms with E-state index >= 15 is 0 Å². The Bertz CT molecular complexity index is 314. The molecule has 0 aromatic heterocycles. The molecule has 1 unspecified atom stereocenters. The maximum atomic E-state index is 11.6. The summed E-state index contributed by atoms with van der Waals surface area (Å²) < 4.78 is 0. The lowest BCUT2D eigenvalue weighted by Gasteiger charge is -2.28. The summed E-state index contributed by atoms with van der Waals surface area (Å²) in [5.41, 5.74) is 0. The summed E-state index contributed by atoms with van der Waals surface area (Å²) in [5, 5.41) is 22.5. The van der Waals surface area contributed by atoms with Crippen molar-refractivity contribution in [1.29, 1.82) is 0 Å². The number of carbonyl (C=O) groups excluding carboxylic acids is 1. The molecule has 8 nitrogen and oxygen atoms in total. The highest BCUT2D eigenvalue weighted by Gasteiger charge is 2.25. The second-order valence-corrected chi connectivity index (χ2v) is 3.68. The van der Waals surface area contributed by atoms with Gasteiger partial charge >= 0.3 is 18.0 Å². The van der Waals surface area contributed by atoms with Crippen molar-refractivity contribution < 1.29 is 24.6 Å². The second-order valence-electron chi connectivity index (χ2n) is 3.68. The van der Waals surface area contributed by atoms with Crippen LogP contribution < -0.4 is 10.6 Å². The predicted octanol–water partition coefficient (Wildman–Crippen LogP) is -1.47. The van der Waals surface area contributed by atoms with Gasteiger partial charge in [0.15, 0.2) is 0 Å². The first-order chi connectivity index (χ1) is 8.00. The lowest BCUT2D eigenvalue weighted by Crippen LogP contribution is -2.54. The minimum atomic E-state index is -1.39. The van der Waals surface area contributed by atoms with Crippen LogP contribution in [0.15, 0.2) is 0 Å². The number of hydrogen-bond donors (Lipinski definition) is 4. The average molecular weight is 245 g/mol. The van der Waals surface area contributed by atoms with Crippen LogP contribution in [-0.4, -0.2) is 65.3 Å². The molecule has 0 bridgehead atoms. The topological polar surface area (TPSA) is 119 Å². The molecule has 0 aliphatic carbocycles. The molecule has 1 aliphatic heterocycles. The Morgan fingerprint density at radius 2 is 1.82 bits per heavy atom. The van der Waals surface area contributed by atoms with Crippen LogP contribution in [-0.2, 0) is 9.59 Å². The summed E-state index contributed by atoms with van der Waals surface area (Å²) in [5.74, 6) is -2.62. The number of amides is 2. The van der Waals surface area contributed by atoms with E-state index in [1.807, 2.05) is 0 Å². The molecule has 96 valence electrons. The Morgan fingerprint density at radius 1 is 1.24 bits per heavy atom. The molecule has 0 spiro atoms. The van der Waals surface area contributed by atoms with Gasteiger partial charge in [0.1, 0.15) is 6.04 Å². The van der Waals surface area contributed by atoms with Crippen molar-refractivity contribution in [2.24, 2.45) is 0 Å². The average Bonchev–Trinajstić information content (AvgIpc) is 2.28. The fraction of sp³-hybridized carbons (Fsp3) is 0.667. The highest BCUT2D eigenvalue weighted by Crippen LogP contribution is 1.98. The normalized spacial score (nSPS) is 17.3. The minimum absolute atomic E-state index is 0.477. The molecule has 2 amide bonds. The zero-order chi connectivity index (χ0) is 12.8. The van der Waals surface area contributed by atoms with Crippen LogP contribution in [0.4, 0.5) is 4.79 Å². The molecular formula is C9H15N3O5. The number of nitrogens with zero attached hydrogens (tertiary/aromatic N) is 1. The van der Waals surface area contributed by atoms with E-state index in [4.69, 9.17) is 10.2 Å². The van der Waals surface area contributed by atoms with Gasteiger partial charge in [0.25, 0.3) is 0 Å². The fourth-order valence-corrected chi connectivity index (χ4v) is 1.48. The molecule has 1 saturated heterocycles. The number of piperazine rings is 1. The maximum absolute atomic E-state index is 11.6. The van der Waals surface area contributed by atoms with Crippen molar-refractivity contribution >= 4 is 18.0 Å². The first-order valence-corrected chi connectivity index (χ1v) is 5.21. The van der Waals surface area contributed by atoms with Crippen LogP contribution in [0.3, 0.4) is 0 Å². The Kier molecular flexibility index (Phi) is 4.70. The Hall–Kier alpha value is -1.83. The first-order valence-electron chi connectivity index (χ1n) is 5.21. The molecule has 1 fully saturated rings. The summed E-state index contributed by atoms with van der Waals surface area (Å²) in [6.07, 6.45) is -0.632. The largest absolute Gasteiger partial charge is 0.481 e. The van der Waals surface area contributed by atoms with E-state index in [2.05, 4.69) is 10.6 Å². The summed E-state index contributed by atoms with van der Waals surface area (Å²) in [4.78, 5) is 34.3. The zero-order valence-electron chi connectivity index (χ0n) is 9.18. The highest BCUT2D eigenvalue weighted by atomic mass is 16.4. The number of carboxylic acid groups (broad SMARTS) is 2. The van der Waals surface area contributed by atoms with E-state index in [0.29, 0.717) is 26.2 Å². The smallest absolute Gasteiger partial charge is 0.326 e. The van der Waals surface area contributed by atoms with Gasteiger partial charge in [0.05, 0.1) is 6.42 Å². The van der Waals surface area contributed by atoms with Crippen molar-refractivity contribution in [3.63, 3.8) is 0 Å². The Labute approximate surface area is 97.6 Å². The fourth-order valence-electron chi connectivity index (χ4n) is 1.48. The number of urea groups is 1. The van der Waals surface area contributed by atoms with E-state index in [0.717, 1.165) is 0 Å². The summed E-state index contributed by atoms with van der Waals surface area (Å²) in [6, 6.07) is -1.94. The van der Waals surface area contributed by atoms with Crippen LogP contribution in [0.5, 0.6) is 0 Å². The lowest BCUT2D eigenvalue weighted by molar-refractivity contribution is -0.145. The highest BCUT2D eigenvalue weighted by molar-refractivity contribution is 5.86. The molecule has 8 heteroatoms. The quantitative estimate of drug-likeness (QED) is 0.480. The molecule has 0 radical (unpaired) electrons. The Morgan fingerprint density at radius 3 is 2.29 bits per heavy atom. The summed E-state index contributed by atoms with van der Waals surface area (Å²) in [6.45, 7) is 2.24. The van der Waals surface area contributed by atoms with Gasteiger partial charge in [-0.25, -0.2) is 9.59 Å². The SMILES string of the molecule is O=C(O)CC(NC(=O)N1CCNCC1)C(=O)O. The summed E-state index contributed by atoms with van der Waals surface area (Å²) >= 11 is 0. The molecule has 1 atom stereocenters. The maximum Gasteiger partial charge on any atom is 0.326 e. The number of hydrogen-bond acceptors (Lipinski definition) is 4. The van der Waals surface area contributed by atoms with E-state index in [9.17, 15) is 14.4 Å². The van der Waals surface area contributed by atoms with E-state index in [-0.39, 0.29) is 0 Å². The van der Waals surface area contributed by atoms with Gasteiger partial charge in [-0.1, -0.05) is 0 Å². The number of rotatable bonds is 4. The van der Waals surface area contributed by atoms with Crippen molar-refractivity contribution in [2.75, 3.05) is 26.2 Å². The summed E-state index contributed by atoms with van der Waals surface area (Å²) in [7, 11) is 0. The number of nitrogens with one attached hydrogen (secondary N) is 2. The monoisotopic (exact) mass is 245 g/mol. The number of carbonyl (C=O) groups is 3. The predicted molar refractivity (Wildman–Crippen MR) is 56.7 cm³/mol. The van der Waals surface area contributed by atoms with Crippen LogP contribution >= 0.6 is 0 Å². The van der Waals surface area contributed by atoms with E-state index in [1.165, 1.54) is 4.90 Å². The standard InChI is InChI=1S/C9H15N3O5/c13-7(14)5-6(8(15)16)11-9(17)12-3-1-10-2-4-12/h6,10H,1-5H2,(H,11,17)(H,13,14)(H,15,16). The van der Waals surface area contributed by atoms with E-state index < -0.39 is 30.4 Å². The number of carboxylic acids is 2. The minimum Gasteiger partial charge on any atom is -0.481 e. The third-order valence-electron chi connectivity index (χ3n) is 2.38. The van der Waals surface area contributed by atoms with E-state index in [1.54, 1.807) is 0 Å². The molecule has 17 heavy (non-hydrogen) atoms. The number of aliphatic carboxylic acids is 2. The van der Waals surface area contributed by atoms with Crippen molar-refractivity contribution in [1.82, 2.24) is 15.5 Å². The molecule has 0 aromatic rings. The lowest BCUT2D eigenvalue weighted by atomic mass is 10.2. The van der Waals surface area contributed by atoms with Crippen molar-refractivity contribution in [3.8, 4) is 0 Å². The van der Waals surface area contributed by atoms with Crippen LogP contribution in [0.25, 0.3) is 0 Å². The van der Waals surface area contributed by atoms with Crippen molar-refractivity contribution in [3.05, 3.63) is 0 Å². The second kappa shape index (κ2) is 6.04. The van der Waals surface area contributed by atoms with Gasteiger partial charge in [0, 0.05) is 26.2 Å². The molecule has 0 saturated carbocycles. The molecule has 0 aromatic carbocycles. The molecule has 4 N–H and O–H groups in total. The van der Waals surface area contributed by atoms with Gasteiger partial charge < -0.3 is 25.7 Å². The first kappa shape index (κ1) is 13.2. The van der Waals surface area contributed by atoms with Crippen LogP contribution in [0.2, 0.25) is 0 Å². The molecule has 1 heterocycles. The Balaban J connectivity index is 2.50. The third-order valence-corrected chi connectivity index (χ3v) is 2.38.